The molecule has 1 atom stereocenters. The standard InChI is InChI=1S/C22H24ClN3O6S/c1-14-3-5-16(6-4-14)32-15(2)22(28)25-7-9-26(10-8-25)33(29,30)20-12-19-18(11-17(20)23)24-21(27)13-31-19/h3-6,11-12,15H,7-10,13H2,1-2H3,(H,24,27)/t15-/m0/s1. The summed E-state index contributed by atoms with van der Waals surface area (Å²) in [6.07, 6.45) is -0.696. The fourth-order valence-electron chi connectivity index (χ4n) is 3.70. The number of hydrogen-bond donors (Lipinski definition) is 1. The molecule has 2 aliphatic rings. The Morgan fingerprint density at radius 1 is 1.15 bits per heavy atom. The Hall–Kier alpha value is -2.82. The molecule has 1 fully saturated rings. The summed E-state index contributed by atoms with van der Waals surface area (Å²) >= 11 is 6.23. The van der Waals surface area contributed by atoms with Crippen LogP contribution in [0.2, 0.25) is 5.02 Å². The van der Waals surface area contributed by atoms with Crippen molar-refractivity contribution in [2.75, 3.05) is 38.1 Å². The van der Waals surface area contributed by atoms with Gasteiger partial charge in [-0.15, -0.1) is 0 Å². The van der Waals surface area contributed by atoms with Crippen LogP contribution in [0, 0.1) is 6.92 Å². The summed E-state index contributed by atoms with van der Waals surface area (Å²) in [6, 6.07) is 10.1. The minimum atomic E-state index is -3.92. The fraction of sp³-hybridized carbons (Fsp3) is 0.364. The Bertz CT molecular complexity index is 1180. The second kappa shape index (κ2) is 9.20. The molecule has 9 nitrogen and oxygen atoms in total. The summed E-state index contributed by atoms with van der Waals surface area (Å²) in [7, 11) is -3.92. The summed E-state index contributed by atoms with van der Waals surface area (Å²) < 4.78 is 38.8. The minimum Gasteiger partial charge on any atom is -0.482 e. The van der Waals surface area contributed by atoms with Gasteiger partial charge in [-0.05, 0) is 32.0 Å². The molecule has 0 aliphatic carbocycles. The van der Waals surface area contributed by atoms with Gasteiger partial charge in [0.2, 0.25) is 10.0 Å². The Labute approximate surface area is 197 Å². The van der Waals surface area contributed by atoms with E-state index in [4.69, 9.17) is 21.1 Å². The third-order valence-electron chi connectivity index (χ3n) is 5.52. The number of nitrogens with zero attached hydrogens (tertiary/aromatic N) is 2. The van der Waals surface area contributed by atoms with Crippen molar-refractivity contribution in [1.82, 2.24) is 9.21 Å². The first-order valence-electron chi connectivity index (χ1n) is 10.4. The van der Waals surface area contributed by atoms with E-state index >= 15 is 0 Å². The van der Waals surface area contributed by atoms with Gasteiger partial charge in [-0.25, -0.2) is 8.42 Å². The van der Waals surface area contributed by atoms with E-state index in [9.17, 15) is 18.0 Å². The third-order valence-corrected chi connectivity index (χ3v) is 7.88. The second-order valence-corrected chi connectivity index (χ2v) is 10.2. The van der Waals surface area contributed by atoms with Gasteiger partial charge in [-0.1, -0.05) is 29.3 Å². The molecule has 4 rings (SSSR count). The molecule has 176 valence electrons. The molecule has 0 radical (unpaired) electrons. The molecule has 11 heteroatoms. The van der Waals surface area contributed by atoms with Crippen LogP contribution < -0.4 is 14.8 Å². The molecule has 0 spiro atoms. The quantitative estimate of drug-likeness (QED) is 0.685. The van der Waals surface area contributed by atoms with Gasteiger partial charge in [-0.3, -0.25) is 9.59 Å². The zero-order valence-electron chi connectivity index (χ0n) is 18.2. The number of sulfonamides is 1. The van der Waals surface area contributed by atoms with Crippen molar-refractivity contribution in [2.24, 2.45) is 0 Å². The number of nitrogens with one attached hydrogen (secondary N) is 1. The van der Waals surface area contributed by atoms with Gasteiger partial charge < -0.3 is 19.7 Å². The number of anilines is 1. The Balaban J connectivity index is 1.41. The summed E-state index contributed by atoms with van der Waals surface area (Å²) in [5.74, 6) is 0.302. The van der Waals surface area contributed by atoms with E-state index in [-0.39, 0.29) is 60.3 Å². The van der Waals surface area contributed by atoms with Crippen molar-refractivity contribution in [3.8, 4) is 11.5 Å². The van der Waals surface area contributed by atoms with E-state index in [0.717, 1.165) is 5.56 Å². The van der Waals surface area contributed by atoms with Crippen LogP contribution in [0.3, 0.4) is 0 Å². The maximum atomic E-state index is 13.2. The first-order chi connectivity index (χ1) is 15.6. The predicted molar refractivity (Wildman–Crippen MR) is 122 cm³/mol. The third kappa shape index (κ3) is 4.92. The van der Waals surface area contributed by atoms with E-state index in [0.29, 0.717) is 11.4 Å². The van der Waals surface area contributed by atoms with Gasteiger partial charge >= 0.3 is 0 Å². The minimum absolute atomic E-state index is 0.0156. The lowest BCUT2D eigenvalue weighted by molar-refractivity contribution is -0.139. The molecule has 2 heterocycles. The number of benzene rings is 2. The molecule has 2 aromatic carbocycles. The number of fused-ring (bicyclic) bond motifs is 1. The van der Waals surface area contributed by atoms with E-state index in [1.54, 1.807) is 24.0 Å². The van der Waals surface area contributed by atoms with Gasteiger partial charge in [0, 0.05) is 32.2 Å². The number of hydrogen-bond acceptors (Lipinski definition) is 6. The zero-order valence-corrected chi connectivity index (χ0v) is 19.8. The zero-order chi connectivity index (χ0) is 23.8. The molecule has 2 aromatic rings. The van der Waals surface area contributed by atoms with Crippen molar-refractivity contribution in [3.05, 3.63) is 47.0 Å². The molecule has 0 unspecified atom stereocenters. The highest BCUT2D eigenvalue weighted by atomic mass is 35.5. The molecule has 0 aromatic heterocycles. The van der Waals surface area contributed by atoms with Crippen LogP contribution in [-0.2, 0) is 19.6 Å². The van der Waals surface area contributed by atoms with Gasteiger partial charge in [0.05, 0.1) is 10.7 Å². The smallest absolute Gasteiger partial charge is 0.263 e. The Morgan fingerprint density at radius 2 is 1.82 bits per heavy atom. The van der Waals surface area contributed by atoms with E-state index in [2.05, 4.69) is 5.32 Å². The van der Waals surface area contributed by atoms with Crippen LogP contribution in [0.4, 0.5) is 5.69 Å². The molecule has 1 N–H and O–H groups in total. The van der Waals surface area contributed by atoms with Gasteiger partial charge in [0.15, 0.2) is 12.7 Å². The first kappa shape index (κ1) is 23.3. The molecule has 0 bridgehead atoms. The molecule has 1 saturated heterocycles. The van der Waals surface area contributed by atoms with Crippen LogP contribution in [0.15, 0.2) is 41.3 Å². The molecular formula is C22H24ClN3O6S. The molecule has 33 heavy (non-hydrogen) atoms. The Kier molecular flexibility index (Phi) is 6.51. The van der Waals surface area contributed by atoms with Crippen LogP contribution in [0.25, 0.3) is 0 Å². The van der Waals surface area contributed by atoms with Crippen LogP contribution in [-0.4, -0.2) is 68.3 Å². The highest BCUT2D eigenvalue weighted by molar-refractivity contribution is 7.89. The topological polar surface area (TPSA) is 105 Å². The lowest BCUT2D eigenvalue weighted by Gasteiger charge is -2.35. The van der Waals surface area contributed by atoms with E-state index in [1.807, 2.05) is 19.1 Å². The van der Waals surface area contributed by atoms with Gasteiger partial charge in [-0.2, -0.15) is 4.31 Å². The van der Waals surface area contributed by atoms with E-state index < -0.39 is 16.1 Å². The second-order valence-electron chi connectivity index (χ2n) is 7.92. The maximum absolute atomic E-state index is 13.2. The lowest BCUT2D eigenvalue weighted by atomic mass is 10.2. The van der Waals surface area contributed by atoms with Crippen molar-refractivity contribution < 1.29 is 27.5 Å². The number of aryl methyl sites for hydroxylation is 1. The number of ether oxygens (including phenoxy) is 2. The van der Waals surface area contributed by atoms with E-state index in [1.165, 1.54) is 16.4 Å². The number of carbonyl (C=O) groups excluding carboxylic acids is 2. The fourth-order valence-corrected chi connectivity index (χ4v) is 5.64. The van der Waals surface area contributed by atoms with Crippen LogP contribution >= 0.6 is 11.6 Å². The number of rotatable bonds is 5. The highest BCUT2D eigenvalue weighted by Crippen LogP contribution is 2.37. The van der Waals surface area contributed by atoms with Crippen molar-refractivity contribution in [1.29, 1.82) is 0 Å². The van der Waals surface area contributed by atoms with Crippen molar-refractivity contribution >= 4 is 39.1 Å². The lowest BCUT2D eigenvalue weighted by Crippen LogP contribution is -2.53. The first-order valence-corrected chi connectivity index (χ1v) is 12.3. The van der Waals surface area contributed by atoms with Gasteiger partial charge in [0.25, 0.3) is 11.8 Å². The predicted octanol–water partition coefficient (Wildman–Crippen LogP) is 2.28. The SMILES string of the molecule is Cc1ccc(O[C@@H](C)C(=O)N2CCN(S(=O)(=O)c3cc4c(cc3Cl)NC(=O)CO4)CC2)cc1. The van der Waals surface area contributed by atoms with Crippen molar-refractivity contribution in [3.63, 3.8) is 0 Å². The normalized spacial score (nSPS) is 17.5. The summed E-state index contributed by atoms with van der Waals surface area (Å²) in [5.41, 5.74) is 1.42. The van der Waals surface area contributed by atoms with Gasteiger partial charge in [0.1, 0.15) is 16.4 Å². The number of halogens is 1. The summed E-state index contributed by atoms with van der Waals surface area (Å²) in [6.45, 7) is 4.15. The van der Waals surface area contributed by atoms with Crippen LogP contribution in [0.1, 0.15) is 12.5 Å². The van der Waals surface area contributed by atoms with Crippen molar-refractivity contribution in [2.45, 2.75) is 24.8 Å². The molecule has 0 saturated carbocycles. The Morgan fingerprint density at radius 3 is 2.48 bits per heavy atom. The summed E-state index contributed by atoms with van der Waals surface area (Å²) in [5, 5.41) is 2.58. The maximum Gasteiger partial charge on any atom is 0.263 e. The molecular weight excluding hydrogens is 470 g/mol. The number of piperazine rings is 1. The monoisotopic (exact) mass is 493 g/mol. The average Bonchev–Trinajstić information content (AvgIpc) is 2.79. The summed E-state index contributed by atoms with van der Waals surface area (Å²) in [4.78, 5) is 25.8. The highest BCUT2D eigenvalue weighted by Gasteiger charge is 2.34. The molecule has 2 amide bonds. The average molecular weight is 494 g/mol. The molecule has 2 aliphatic heterocycles. The largest absolute Gasteiger partial charge is 0.482 e. The van der Waals surface area contributed by atoms with Crippen LogP contribution in [0.5, 0.6) is 11.5 Å². The number of amides is 2. The number of carbonyl (C=O) groups is 2.